The second kappa shape index (κ2) is 5.98. The third-order valence-corrected chi connectivity index (χ3v) is 5.08. The topological polar surface area (TPSA) is 121 Å². The first-order chi connectivity index (χ1) is 12.0. The third-order valence-electron chi connectivity index (χ3n) is 5.08. The zero-order valence-electron chi connectivity index (χ0n) is 13.8. The number of nitrogens with two attached hydrogens (primary N) is 1. The van der Waals surface area contributed by atoms with Crippen molar-refractivity contribution in [3.8, 4) is 24.0 Å². The Bertz CT molecular complexity index is 895. The molecule has 3 N–H and O–H groups in total. The van der Waals surface area contributed by atoms with Crippen molar-refractivity contribution in [3.63, 3.8) is 0 Å². The van der Waals surface area contributed by atoms with E-state index in [0.29, 0.717) is 18.7 Å². The zero-order valence-corrected chi connectivity index (χ0v) is 13.8. The summed E-state index contributed by atoms with van der Waals surface area (Å²) in [6.07, 6.45) is 1.94. The largest absolute Gasteiger partial charge is 0.508 e. The van der Waals surface area contributed by atoms with Crippen molar-refractivity contribution in [2.75, 3.05) is 20.1 Å². The summed E-state index contributed by atoms with van der Waals surface area (Å²) in [5, 5.41) is 39.3. The Labute approximate surface area is 146 Å². The van der Waals surface area contributed by atoms with Crippen molar-refractivity contribution in [1.82, 2.24) is 4.90 Å². The summed E-state index contributed by atoms with van der Waals surface area (Å²) in [5.74, 6) is -0.742. The molecule has 2 unspecified atom stereocenters. The summed E-state index contributed by atoms with van der Waals surface area (Å²) in [7, 11) is 1.95. The summed E-state index contributed by atoms with van der Waals surface area (Å²) in [5.41, 5.74) is 6.22. The molecule has 0 spiro atoms. The Hall–Kier alpha value is -3.27. The fourth-order valence-corrected chi connectivity index (χ4v) is 3.92. The number of phenolic OH excluding ortho intramolecular Hbond substituents is 1. The molecule has 0 saturated carbocycles. The van der Waals surface area contributed by atoms with E-state index >= 15 is 0 Å². The average Bonchev–Trinajstić information content (AvgIpc) is 2.61. The number of benzene rings is 1. The van der Waals surface area contributed by atoms with Crippen molar-refractivity contribution < 1.29 is 5.11 Å². The summed E-state index contributed by atoms with van der Waals surface area (Å²) in [4.78, 5) is 2.07. The van der Waals surface area contributed by atoms with E-state index < -0.39 is 11.3 Å². The van der Waals surface area contributed by atoms with Crippen LogP contribution in [0.5, 0.6) is 5.75 Å². The number of rotatable bonds is 1. The molecule has 6 heteroatoms. The van der Waals surface area contributed by atoms with Crippen LogP contribution in [0.1, 0.15) is 11.5 Å². The highest BCUT2D eigenvalue weighted by Gasteiger charge is 2.54. The fourth-order valence-electron chi connectivity index (χ4n) is 3.92. The van der Waals surface area contributed by atoms with Gasteiger partial charge in [0.1, 0.15) is 11.8 Å². The highest BCUT2D eigenvalue weighted by Crippen LogP contribution is 2.54. The highest BCUT2D eigenvalue weighted by atomic mass is 16.3. The van der Waals surface area contributed by atoms with Crippen LogP contribution < -0.4 is 5.73 Å². The zero-order chi connectivity index (χ0) is 18.2. The Balaban J connectivity index is 2.34. The molecule has 2 aliphatic rings. The minimum absolute atomic E-state index is 0.000367. The number of nitriles is 3. The van der Waals surface area contributed by atoms with Crippen molar-refractivity contribution in [1.29, 1.82) is 15.8 Å². The van der Waals surface area contributed by atoms with Crippen LogP contribution in [0.3, 0.4) is 0 Å². The number of aromatic hydroxyl groups is 1. The Morgan fingerprint density at radius 3 is 2.60 bits per heavy atom. The van der Waals surface area contributed by atoms with Gasteiger partial charge in [0.05, 0.1) is 23.4 Å². The van der Waals surface area contributed by atoms with E-state index in [1.54, 1.807) is 18.2 Å². The standard InChI is InChI=1S/C19H17N5O/c1-24-6-5-14-15(8-20)18(23)19(10-21,11-22)17(16(14)9-24)12-3-2-4-13(25)7-12/h2-5,7,16-17,25H,6,9,23H2,1H3. The molecule has 1 aliphatic carbocycles. The van der Waals surface area contributed by atoms with Crippen LogP contribution in [0.4, 0.5) is 0 Å². The Morgan fingerprint density at radius 2 is 2.00 bits per heavy atom. The van der Waals surface area contributed by atoms with Gasteiger partial charge in [-0.3, -0.25) is 0 Å². The molecule has 0 saturated heterocycles. The molecule has 2 atom stereocenters. The molecule has 0 fully saturated rings. The highest BCUT2D eigenvalue weighted by molar-refractivity contribution is 5.59. The van der Waals surface area contributed by atoms with E-state index in [1.807, 2.05) is 13.1 Å². The van der Waals surface area contributed by atoms with Gasteiger partial charge in [-0.2, -0.15) is 15.8 Å². The van der Waals surface area contributed by atoms with Crippen LogP contribution in [0.2, 0.25) is 0 Å². The van der Waals surface area contributed by atoms with Gasteiger partial charge in [-0.25, -0.2) is 0 Å². The lowest BCUT2D eigenvalue weighted by Crippen LogP contribution is -2.47. The molecule has 0 bridgehead atoms. The van der Waals surface area contributed by atoms with Gasteiger partial charge in [0, 0.05) is 24.9 Å². The number of fused-ring (bicyclic) bond motifs is 1. The molecule has 124 valence electrons. The summed E-state index contributed by atoms with van der Waals surface area (Å²) in [6.45, 7) is 1.26. The lowest BCUT2D eigenvalue weighted by Gasteiger charge is -2.45. The second-order valence-electron chi connectivity index (χ2n) is 6.49. The number of allylic oxidation sites excluding steroid dienone is 2. The normalized spacial score (nSPS) is 25.1. The molecule has 3 rings (SSSR count). The number of phenols is 1. The molecule has 0 amide bonds. The van der Waals surface area contributed by atoms with Gasteiger partial charge in [0.2, 0.25) is 0 Å². The van der Waals surface area contributed by atoms with E-state index in [4.69, 9.17) is 5.73 Å². The minimum atomic E-state index is -1.65. The molecule has 1 heterocycles. The maximum absolute atomic E-state index is 9.89. The third kappa shape index (κ3) is 2.34. The van der Waals surface area contributed by atoms with Gasteiger partial charge in [-0.05, 0) is 30.3 Å². The van der Waals surface area contributed by atoms with Gasteiger partial charge in [-0.1, -0.05) is 18.2 Å². The van der Waals surface area contributed by atoms with Crippen molar-refractivity contribution >= 4 is 0 Å². The number of likely N-dealkylation sites (N-methyl/N-ethyl adjacent to an activating group) is 1. The van der Waals surface area contributed by atoms with Crippen molar-refractivity contribution in [3.05, 3.63) is 52.7 Å². The molecule has 25 heavy (non-hydrogen) atoms. The molecular weight excluding hydrogens is 314 g/mol. The second-order valence-corrected chi connectivity index (χ2v) is 6.49. The number of nitrogens with zero attached hydrogens (tertiary/aromatic N) is 4. The predicted octanol–water partition coefficient (Wildman–Crippen LogP) is 1.75. The van der Waals surface area contributed by atoms with Crippen molar-refractivity contribution in [2.24, 2.45) is 17.1 Å². The molecule has 6 nitrogen and oxygen atoms in total. The van der Waals surface area contributed by atoms with Crippen LogP contribution in [0.25, 0.3) is 0 Å². The minimum Gasteiger partial charge on any atom is -0.508 e. The van der Waals surface area contributed by atoms with Gasteiger partial charge in [0.25, 0.3) is 0 Å². The van der Waals surface area contributed by atoms with Crippen LogP contribution >= 0.6 is 0 Å². The van der Waals surface area contributed by atoms with E-state index in [-0.39, 0.29) is 22.9 Å². The first-order valence-corrected chi connectivity index (χ1v) is 7.89. The summed E-state index contributed by atoms with van der Waals surface area (Å²) in [6, 6.07) is 12.8. The fraction of sp³-hybridized carbons (Fsp3) is 0.316. The van der Waals surface area contributed by atoms with Gasteiger partial charge in [-0.15, -0.1) is 0 Å². The first-order valence-electron chi connectivity index (χ1n) is 7.89. The Morgan fingerprint density at radius 1 is 1.28 bits per heavy atom. The van der Waals surface area contributed by atoms with Crippen molar-refractivity contribution in [2.45, 2.75) is 5.92 Å². The monoisotopic (exact) mass is 331 g/mol. The summed E-state index contributed by atoms with van der Waals surface area (Å²) < 4.78 is 0. The molecule has 1 aliphatic heterocycles. The molecule has 0 radical (unpaired) electrons. The SMILES string of the molecule is CN1CC=C2C(C#N)=C(N)C(C#N)(C#N)C(c3cccc(O)c3)C2C1. The van der Waals surface area contributed by atoms with Crippen LogP contribution in [-0.4, -0.2) is 30.1 Å². The van der Waals surface area contributed by atoms with Crippen LogP contribution in [0.15, 0.2) is 47.2 Å². The lowest BCUT2D eigenvalue weighted by molar-refractivity contribution is 0.237. The Kier molecular flexibility index (Phi) is 3.97. The first kappa shape index (κ1) is 16.6. The van der Waals surface area contributed by atoms with E-state index in [1.165, 1.54) is 6.07 Å². The predicted molar refractivity (Wildman–Crippen MR) is 90.4 cm³/mol. The number of hydrogen-bond donors (Lipinski definition) is 2. The maximum atomic E-state index is 9.89. The smallest absolute Gasteiger partial charge is 0.191 e. The van der Waals surface area contributed by atoms with Gasteiger partial charge in [0.15, 0.2) is 5.41 Å². The van der Waals surface area contributed by atoms with Gasteiger partial charge >= 0.3 is 0 Å². The molecule has 1 aromatic carbocycles. The molecule has 1 aromatic rings. The van der Waals surface area contributed by atoms with E-state index in [0.717, 1.165) is 5.57 Å². The maximum Gasteiger partial charge on any atom is 0.191 e. The molecular formula is C19H17N5O. The number of hydrogen-bond acceptors (Lipinski definition) is 6. The lowest BCUT2D eigenvalue weighted by atomic mass is 9.58. The van der Waals surface area contributed by atoms with Crippen LogP contribution in [0, 0.1) is 45.3 Å². The van der Waals surface area contributed by atoms with Crippen LogP contribution in [-0.2, 0) is 0 Å². The molecule has 0 aromatic heterocycles. The van der Waals surface area contributed by atoms with E-state index in [2.05, 4.69) is 23.1 Å². The summed E-state index contributed by atoms with van der Waals surface area (Å²) >= 11 is 0. The quantitative estimate of drug-likeness (QED) is 0.808. The van der Waals surface area contributed by atoms with E-state index in [9.17, 15) is 20.9 Å². The average molecular weight is 331 g/mol. The van der Waals surface area contributed by atoms with Gasteiger partial charge < -0.3 is 15.7 Å².